The maximum absolute atomic E-state index is 13.2. The molecule has 31 heavy (non-hydrogen) atoms. The summed E-state index contributed by atoms with van der Waals surface area (Å²) in [4.78, 5) is 13.7. The first-order valence-corrected chi connectivity index (χ1v) is 11.3. The van der Waals surface area contributed by atoms with E-state index in [1.54, 1.807) is 42.5 Å². The summed E-state index contributed by atoms with van der Waals surface area (Å²) in [6.45, 7) is 3.96. The molecule has 0 spiro atoms. The summed E-state index contributed by atoms with van der Waals surface area (Å²) >= 11 is 7.28. The van der Waals surface area contributed by atoms with Gasteiger partial charge < -0.3 is 15.2 Å². The molecular formula is C25H22ClNO3S. The number of ether oxygens (including phenoxy) is 1. The van der Waals surface area contributed by atoms with Gasteiger partial charge in [0.05, 0.1) is 0 Å². The van der Waals surface area contributed by atoms with Gasteiger partial charge in [0.15, 0.2) is 5.75 Å². The Labute approximate surface area is 190 Å². The Morgan fingerprint density at radius 2 is 1.81 bits per heavy atom. The third-order valence-electron chi connectivity index (χ3n) is 4.92. The van der Waals surface area contributed by atoms with E-state index in [-0.39, 0.29) is 11.5 Å². The minimum absolute atomic E-state index is 0.144. The number of carbonyl (C=O) groups excluding carboxylic acids is 1. The number of benzene rings is 3. The van der Waals surface area contributed by atoms with Gasteiger partial charge in [-0.25, -0.2) is 0 Å². The molecule has 2 N–H and O–H groups in total. The maximum atomic E-state index is 13.2. The average Bonchev–Trinajstić information content (AvgIpc) is 3.12. The van der Waals surface area contributed by atoms with Gasteiger partial charge in [0, 0.05) is 20.7 Å². The number of phenols is 1. The van der Waals surface area contributed by atoms with Crippen LogP contribution in [0.5, 0.6) is 17.2 Å². The summed E-state index contributed by atoms with van der Waals surface area (Å²) in [5.74, 6) is 1.16. The summed E-state index contributed by atoms with van der Waals surface area (Å²) in [5.41, 5.74) is 1.75. The number of halogens is 1. The largest absolute Gasteiger partial charge is 0.508 e. The number of aromatic hydroxyl groups is 1. The van der Waals surface area contributed by atoms with Crippen LogP contribution in [0.4, 0.5) is 0 Å². The highest BCUT2D eigenvalue weighted by molar-refractivity contribution is 7.21. The summed E-state index contributed by atoms with van der Waals surface area (Å²) in [7, 11) is 0. The number of phenolic OH excluding ortho intramolecular Hbond substituents is 1. The Hall–Kier alpha value is -2.86. The second kappa shape index (κ2) is 9.52. The molecule has 0 saturated carbocycles. The van der Waals surface area contributed by atoms with Crippen molar-refractivity contribution in [3.05, 3.63) is 87.8 Å². The number of ketones is 1. The summed E-state index contributed by atoms with van der Waals surface area (Å²) < 4.78 is 7.00. The molecule has 4 aromatic rings. The minimum Gasteiger partial charge on any atom is -0.508 e. The van der Waals surface area contributed by atoms with Crippen molar-refractivity contribution in [3.63, 3.8) is 0 Å². The molecule has 1 heterocycles. The van der Waals surface area contributed by atoms with Crippen LogP contribution in [0.25, 0.3) is 10.1 Å². The van der Waals surface area contributed by atoms with Crippen molar-refractivity contribution in [1.82, 2.24) is 5.32 Å². The molecule has 0 atom stereocenters. The van der Waals surface area contributed by atoms with Gasteiger partial charge >= 0.3 is 0 Å². The first-order valence-electron chi connectivity index (χ1n) is 10.1. The van der Waals surface area contributed by atoms with Crippen LogP contribution in [0.3, 0.4) is 0 Å². The number of fused-ring (bicyclic) bond motifs is 1. The fraction of sp³-hybridized carbons (Fsp3) is 0.160. The van der Waals surface area contributed by atoms with Crippen LogP contribution in [0.15, 0.2) is 66.7 Å². The predicted octanol–water partition coefficient (Wildman–Crippen LogP) is 6.44. The molecule has 0 aliphatic heterocycles. The van der Waals surface area contributed by atoms with Crippen molar-refractivity contribution in [3.8, 4) is 17.2 Å². The van der Waals surface area contributed by atoms with Gasteiger partial charge in [-0.2, -0.15) is 0 Å². The van der Waals surface area contributed by atoms with E-state index in [0.29, 0.717) is 27.0 Å². The van der Waals surface area contributed by atoms with Gasteiger partial charge in [-0.05, 0) is 79.7 Å². The van der Waals surface area contributed by atoms with E-state index in [1.165, 1.54) is 16.9 Å². The lowest BCUT2D eigenvalue weighted by molar-refractivity contribution is 0.104. The predicted molar refractivity (Wildman–Crippen MR) is 127 cm³/mol. The highest BCUT2D eigenvalue weighted by atomic mass is 35.5. The van der Waals surface area contributed by atoms with Crippen molar-refractivity contribution < 1.29 is 14.6 Å². The quantitative estimate of drug-likeness (QED) is 0.239. The van der Waals surface area contributed by atoms with Crippen molar-refractivity contribution in [2.24, 2.45) is 0 Å². The molecule has 0 fully saturated rings. The lowest BCUT2D eigenvalue weighted by atomic mass is 10.1. The summed E-state index contributed by atoms with van der Waals surface area (Å²) in [6.07, 6.45) is 0.940. The number of carbonyl (C=O) groups is 1. The fourth-order valence-electron chi connectivity index (χ4n) is 3.30. The average molecular weight is 452 g/mol. The van der Waals surface area contributed by atoms with Gasteiger partial charge in [-0.15, -0.1) is 11.3 Å². The highest BCUT2D eigenvalue weighted by Gasteiger charge is 2.22. The van der Waals surface area contributed by atoms with Crippen molar-refractivity contribution in [2.45, 2.75) is 13.3 Å². The number of nitrogens with one attached hydrogen (secondary N) is 1. The lowest BCUT2D eigenvalue weighted by Gasteiger charge is -2.09. The molecule has 0 aliphatic carbocycles. The third-order valence-corrected chi connectivity index (χ3v) is 6.31. The normalized spacial score (nSPS) is 11.0. The zero-order valence-corrected chi connectivity index (χ0v) is 18.6. The third kappa shape index (κ3) is 4.90. The zero-order chi connectivity index (χ0) is 21.8. The van der Waals surface area contributed by atoms with E-state index in [9.17, 15) is 9.90 Å². The Bertz CT molecular complexity index is 1200. The zero-order valence-electron chi connectivity index (χ0n) is 17.0. The number of likely N-dealkylation sites (N-methyl/N-ethyl adjacent to an activating group) is 1. The van der Waals surface area contributed by atoms with Crippen LogP contribution in [0.1, 0.15) is 27.7 Å². The van der Waals surface area contributed by atoms with Gasteiger partial charge in [-0.1, -0.05) is 30.7 Å². The Balaban J connectivity index is 1.68. The summed E-state index contributed by atoms with van der Waals surface area (Å²) in [6, 6.07) is 19.7. The molecule has 0 radical (unpaired) electrons. The van der Waals surface area contributed by atoms with Crippen LogP contribution in [0.2, 0.25) is 5.02 Å². The molecule has 0 saturated heterocycles. The van der Waals surface area contributed by atoms with E-state index in [2.05, 4.69) is 12.2 Å². The van der Waals surface area contributed by atoms with E-state index < -0.39 is 0 Å². The van der Waals surface area contributed by atoms with Crippen molar-refractivity contribution in [2.75, 3.05) is 13.1 Å². The molecule has 158 valence electrons. The molecule has 0 aliphatic rings. The molecule has 0 bridgehead atoms. The number of hydrogen-bond acceptors (Lipinski definition) is 5. The Morgan fingerprint density at radius 3 is 2.52 bits per heavy atom. The highest BCUT2D eigenvalue weighted by Crippen LogP contribution is 2.42. The topological polar surface area (TPSA) is 58.6 Å². The first-order chi connectivity index (χ1) is 15.0. The molecular weight excluding hydrogens is 430 g/mol. The SMILES string of the molecule is CCNCCc1ccc(Oc2c(C(=O)c3ccc(Cl)cc3)sc3cc(O)ccc23)cc1. The van der Waals surface area contributed by atoms with Gasteiger partial charge in [0.1, 0.15) is 16.4 Å². The van der Waals surface area contributed by atoms with E-state index >= 15 is 0 Å². The lowest BCUT2D eigenvalue weighted by Crippen LogP contribution is -2.15. The Kier molecular flexibility index (Phi) is 6.56. The molecule has 1 aromatic heterocycles. The van der Waals surface area contributed by atoms with Crippen LogP contribution in [0, 0.1) is 0 Å². The second-order valence-electron chi connectivity index (χ2n) is 7.13. The van der Waals surface area contributed by atoms with E-state index in [4.69, 9.17) is 16.3 Å². The smallest absolute Gasteiger partial charge is 0.206 e. The van der Waals surface area contributed by atoms with Crippen LogP contribution in [-0.4, -0.2) is 24.0 Å². The van der Waals surface area contributed by atoms with Crippen molar-refractivity contribution >= 4 is 38.8 Å². The molecule has 0 amide bonds. The minimum atomic E-state index is -0.144. The second-order valence-corrected chi connectivity index (χ2v) is 8.61. The van der Waals surface area contributed by atoms with Gasteiger partial charge in [0.25, 0.3) is 0 Å². The van der Waals surface area contributed by atoms with Crippen molar-refractivity contribution in [1.29, 1.82) is 0 Å². The number of hydrogen-bond donors (Lipinski definition) is 2. The molecule has 6 heteroatoms. The van der Waals surface area contributed by atoms with E-state index in [1.807, 2.05) is 24.3 Å². The monoisotopic (exact) mass is 451 g/mol. The first kappa shape index (κ1) is 21.4. The van der Waals surface area contributed by atoms with Crippen LogP contribution in [-0.2, 0) is 6.42 Å². The fourth-order valence-corrected chi connectivity index (χ4v) is 4.55. The molecule has 4 rings (SSSR count). The number of thiophene rings is 1. The number of rotatable bonds is 8. The Morgan fingerprint density at radius 1 is 1.06 bits per heavy atom. The standard InChI is InChI=1S/C25H22ClNO3S/c1-2-27-14-13-16-3-10-20(11-4-16)30-24-21-12-9-19(28)15-22(21)31-25(24)23(29)17-5-7-18(26)8-6-17/h3-12,15,27-28H,2,13-14H2,1H3. The van der Waals surface area contributed by atoms with E-state index in [0.717, 1.165) is 29.6 Å². The molecule has 4 nitrogen and oxygen atoms in total. The van der Waals surface area contributed by atoms with Crippen LogP contribution >= 0.6 is 22.9 Å². The van der Waals surface area contributed by atoms with Gasteiger partial charge in [-0.3, -0.25) is 4.79 Å². The summed E-state index contributed by atoms with van der Waals surface area (Å²) in [5, 5.41) is 14.6. The molecule has 3 aromatic carbocycles. The van der Waals surface area contributed by atoms with Crippen LogP contribution < -0.4 is 10.1 Å². The van der Waals surface area contributed by atoms with Gasteiger partial charge in [0.2, 0.25) is 5.78 Å². The molecule has 0 unspecified atom stereocenters. The maximum Gasteiger partial charge on any atom is 0.206 e.